The number of rotatable bonds is 5. The summed E-state index contributed by atoms with van der Waals surface area (Å²) in [4.78, 5) is 14.0. The van der Waals surface area contributed by atoms with Crippen molar-refractivity contribution in [3.8, 4) is 11.4 Å². The van der Waals surface area contributed by atoms with Gasteiger partial charge in [0.1, 0.15) is 17.8 Å². The molecule has 0 aliphatic heterocycles. The Morgan fingerprint density at radius 2 is 2.00 bits per heavy atom. The van der Waals surface area contributed by atoms with Crippen molar-refractivity contribution < 1.29 is 10.0 Å². The molecule has 24 heavy (non-hydrogen) atoms. The van der Waals surface area contributed by atoms with Crippen LogP contribution in [0.25, 0.3) is 5.69 Å². The second-order valence-corrected chi connectivity index (χ2v) is 4.85. The molecule has 2 heterocycles. The van der Waals surface area contributed by atoms with E-state index in [1.54, 1.807) is 30.5 Å². The van der Waals surface area contributed by atoms with Crippen molar-refractivity contribution in [3.63, 3.8) is 0 Å². The van der Waals surface area contributed by atoms with Crippen LogP contribution in [0, 0.1) is 10.1 Å². The highest BCUT2D eigenvalue weighted by atomic mass is 16.6. The fraction of sp³-hybridized carbons (Fsp3) is 0. The summed E-state index contributed by atoms with van der Waals surface area (Å²) in [7, 11) is 0. The smallest absolute Gasteiger partial charge is 0.287 e. The lowest BCUT2D eigenvalue weighted by molar-refractivity contribution is -0.385. The largest absolute Gasteiger partial charge is 0.508 e. The number of nitrogens with zero attached hydrogens (tertiary/aromatic N) is 4. The third-order valence-corrected chi connectivity index (χ3v) is 3.24. The van der Waals surface area contributed by atoms with Crippen LogP contribution in [-0.2, 0) is 0 Å². The maximum Gasteiger partial charge on any atom is 0.287 e. The summed E-state index contributed by atoms with van der Waals surface area (Å²) in [6.45, 7) is 0. The Labute approximate surface area is 136 Å². The highest BCUT2D eigenvalue weighted by molar-refractivity contribution is 5.79. The van der Waals surface area contributed by atoms with E-state index < -0.39 is 4.92 Å². The number of aromatic hydroxyl groups is 1. The molecule has 1 aromatic carbocycles. The van der Waals surface area contributed by atoms with E-state index in [0.29, 0.717) is 5.82 Å². The number of hydrazone groups is 1. The van der Waals surface area contributed by atoms with Crippen molar-refractivity contribution in [2.45, 2.75) is 0 Å². The first kappa shape index (κ1) is 15.2. The van der Waals surface area contributed by atoms with Crippen LogP contribution in [0.4, 0.5) is 11.5 Å². The van der Waals surface area contributed by atoms with Crippen molar-refractivity contribution in [1.29, 1.82) is 0 Å². The zero-order valence-corrected chi connectivity index (χ0v) is 12.4. The lowest BCUT2D eigenvalue weighted by Crippen LogP contribution is -2.00. The number of anilines is 1. The fourth-order valence-corrected chi connectivity index (χ4v) is 2.07. The number of pyridine rings is 1. The first-order valence-corrected chi connectivity index (χ1v) is 7.00. The lowest BCUT2D eigenvalue weighted by Gasteiger charge is -2.06. The van der Waals surface area contributed by atoms with Gasteiger partial charge in [-0.1, -0.05) is 0 Å². The zero-order chi connectivity index (χ0) is 16.9. The predicted octanol–water partition coefficient (Wildman–Crippen LogP) is 2.93. The summed E-state index contributed by atoms with van der Waals surface area (Å²) in [6, 6.07) is 13.4. The molecule has 0 saturated carbocycles. The summed E-state index contributed by atoms with van der Waals surface area (Å²) < 4.78 is 1.90. The van der Waals surface area contributed by atoms with Gasteiger partial charge in [0.05, 0.1) is 16.8 Å². The Balaban J connectivity index is 1.72. The van der Waals surface area contributed by atoms with Crippen molar-refractivity contribution in [2.24, 2.45) is 5.10 Å². The van der Waals surface area contributed by atoms with Crippen molar-refractivity contribution in [2.75, 3.05) is 5.43 Å². The summed E-state index contributed by atoms with van der Waals surface area (Å²) >= 11 is 0. The van der Waals surface area contributed by atoms with Gasteiger partial charge >= 0.3 is 0 Å². The highest BCUT2D eigenvalue weighted by Crippen LogP contribution is 2.16. The van der Waals surface area contributed by atoms with E-state index in [-0.39, 0.29) is 11.4 Å². The topological polar surface area (TPSA) is 106 Å². The van der Waals surface area contributed by atoms with E-state index in [1.807, 2.05) is 22.9 Å². The number of hydrogen-bond acceptors (Lipinski definition) is 6. The third kappa shape index (κ3) is 3.38. The van der Waals surface area contributed by atoms with Crippen LogP contribution >= 0.6 is 0 Å². The molecule has 2 aromatic heterocycles. The van der Waals surface area contributed by atoms with Gasteiger partial charge in [-0.3, -0.25) is 15.5 Å². The minimum Gasteiger partial charge on any atom is -0.508 e. The van der Waals surface area contributed by atoms with Crippen LogP contribution in [0.15, 0.2) is 66.0 Å². The SMILES string of the molecule is O=[N+]([O-])c1ccc(NN=Cc2cccn2-c2ccc(O)cc2)nc1. The van der Waals surface area contributed by atoms with Gasteiger partial charge < -0.3 is 9.67 Å². The summed E-state index contributed by atoms with van der Waals surface area (Å²) in [6.07, 6.45) is 4.64. The molecule has 0 aliphatic carbocycles. The van der Waals surface area contributed by atoms with Crippen molar-refractivity contribution >= 4 is 17.7 Å². The summed E-state index contributed by atoms with van der Waals surface area (Å²) in [5, 5.41) is 24.0. The molecule has 0 unspecified atom stereocenters. The van der Waals surface area contributed by atoms with E-state index in [9.17, 15) is 15.2 Å². The molecule has 0 spiro atoms. The highest BCUT2D eigenvalue weighted by Gasteiger charge is 2.04. The van der Waals surface area contributed by atoms with Crippen LogP contribution in [-0.4, -0.2) is 25.8 Å². The molecule has 0 bridgehead atoms. The summed E-state index contributed by atoms with van der Waals surface area (Å²) in [5.74, 6) is 0.603. The Bertz CT molecular complexity index is 869. The second-order valence-electron chi connectivity index (χ2n) is 4.85. The molecular weight excluding hydrogens is 310 g/mol. The molecule has 0 amide bonds. The number of nitro groups is 1. The number of phenolic OH excluding ortho intramolecular Hbond substituents is 1. The number of benzene rings is 1. The Morgan fingerprint density at radius 3 is 2.67 bits per heavy atom. The standard InChI is InChI=1S/C16H13N5O3/c22-15-6-3-12(4-7-15)20-9-1-2-13(20)11-18-19-16-8-5-14(10-17-16)21(23)24/h1-11,22H,(H,17,19). The first-order valence-electron chi connectivity index (χ1n) is 7.00. The molecule has 3 aromatic rings. The van der Waals surface area contributed by atoms with E-state index >= 15 is 0 Å². The molecule has 8 nitrogen and oxygen atoms in total. The fourth-order valence-electron chi connectivity index (χ4n) is 2.07. The molecule has 120 valence electrons. The molecule has 0 atom stereocenters. The minimum absolute atomic E-state index is 0.0780. The Morgan fingerprint density at radius 1 is 1.21 bits per heavy atom. The average Bonchev–Trinajstić information content (AvgIpc) is 3.04. The quantitative estimate of drug-likeness (QED) is 0.426. The summed E-state index contributed by atoms with van der Waals surface area (Å²) in [5.41, 5.74) is 4.34. The number of aromatic nitrogens is 2. The average molecular weight is 323 g/mol. The molecule has 3 rings (SSSR count). The second kappa shape index (κ2) is 6.61. The molecular formula is C16H13N5O3. The van der Waals surface area contributed by atoms with Gasteiger partial charge in [0.25, 0.3) is 5.69 Å². The predicted molar refractivity (Wildman–Crippen MR) is 89.5 cm³/mol. The van der Waals surface area contributed by atoms with Gasteiger partial charge in [-0.05, 0) is 42.5 Å². The van der Waals surface area contributed by atoms with Crippen LogP contribution in [0.2, 0.25) is 0 Å². The zero-order valence-electron chi connectivity index (χ0n) is 12.4. The van der Waals surface area contributed by atoms with Crippen molar-refractivity contribution in [1.82, 2.24) is 9.55 Å². The van der Waals surface area contributed by atoms with Gasteiger partial charge in [-0.25, -0.2) is 4.98 Å². The molecule has 2 N–H and O–H groups in total. The van der Waals surface area contributed by atoms with E-state index in [0.717, 1.165) is 17.6 Å². The molecule has 0 radical (unpaired) electrons. The number of nitrogens with one attached hydrogen (secondary N) is 1. The Hall–Kier alpha value is -3.68. The normalized spacial score (nSPS) is 10.8. The molecule has 8 heteroatoms. The number of phenols is 1. The van der Waals surface area contributed by atoms with Gasteiger partial charge in [0, 0.05) is 18.0 Å². The van der Waals surface area contributed by atoms with Gasteiger partial charge in [-0.2, -0.15) is 5.10 Å². The lowest BCUT2D eigenvalue weighted by atomic mass is 10.3. The molecule has 0 aliphatic rings. The first-order chi connectivity index (χ1) is 11.6. The van der Waals surface area contributed by atoms with Crippen molar-refractivity contribution in [3.05, 3.63) is 76.7 Å². The van der Waals surface area contributed by atoms with Gasteiger partial charge in [-0.15, -0.1) is 0 Å². The van der Waals surface area contributed by atoms with Gasteiger partial charge in [0.15, 0.2) is 0 Å². The monoisotopic (exact) mass is 323 g/mol. The maximum atomic E-state index is 10.6. The van der Waals surface area contributed by atoms with Crippen LogP contribution in [0.3, 0.4) is 0 Å². The van der Waals surface area contributed by atoms with Crippen LogP contribution in [0.5, 0.6) is 5.75 Å². The van der Waals surface area contributed by atoms with E-state index in [4.69, 9.17) is 0 Å². The molecule has 0 fully saturated rings. The third-order valence-electron chi connectivity index (χ3n) is 3.24. The van der Waals surface area contributed by atoms with Crippen LogP contribution < -0.4 is 5.43 Å². The van der Waals surface area contributed by atoms with E-state index in [2.05, 4.69) is 15.5 Å². The molecule has 0 saturated heterocycles. The Kier molecular flexibility index (Phi) is 4.19. The van der Waals surface area contributed by atoms with Crippen LogP contribution in [0.1, 0.15) is 5.69 Å². The van der Waals surface area contributed by atoms with Gasteiger partial charge in [0.2, 0.25) is 0 Å². The minimum atomic E-state index is -0.509. The maximum absolute atomic E-state index is 10.6. The number of hydrogen-bond donors (Lipinski definition) is 2. The van der Waals surface area contributed by atoms with E-state index in [1.165, 1.54) is 12.1 Å².